The van der Waals surface area contributed by atoms with E-state index in [0.717, 1.165) is 6.33 Å². The van der Waals surface area contributed by atoms with E-state index in [1.165, 1.54) is 17.8 Å². The molecule has 1 aliphatic rings. The number of carbonyl (C=O) groups excluding carboxylic acids is 1. The average molecular weight is 417 g/mol. The van der Waals surface area contributed by atoms with Crippen LogP contribution in [0.5, 0.6) is 0 Å². The molecule has 3 heterocycles. The van der Waals surface area contributed by atoms with E-state index in [4.69, 9.17) is 9.84 Å². The Bertz CT molecular complexity index is 904. The summed E-state index contributed by atoms with van der Waals surface area (Å²) in [4.78, 5) is 35.2. The zero-order valence-electron chi connectivity index (χ0n) is 15.1. The lowest BCUT2D eigenvalue weighted by molar-refractivity contribution is -0.141. The number of aliphatic hydroxyl groups excluding tert-OH is 4. The first kappa shape index (κ1) is 20.8. The summed E-state index contributed by atoms with van der Waals surface area (Å²) in [6.07, 6.45) is -3.75. The number of nitrogens with one attached hydrogen (secondary N) is 2. The van der Waals surface area contributed by atoms with E-state index in [-0.39, 0.29) is 17.0 Å². The second-order valence-electron chi connectivity index (χ2n) is 6.43. The summed E-state index contributed by atoms with van der Waals surface area (Å²) in [6, 6.07) is -2.48. The maximum absolute atomic E-state index is 12.1. The van der Waals surface area contributed by atoms with Crippen LogP contribution in [0.1, 0.15) is 13.2 Å². The molecule has 0 aromatic carbocycles. The van der Waals surface area contributed by atoms with Crippen molar-refractivity contribution in [2.45, 2.75) is 43.6 Å². The number of aromatic nitrogens is 4. The topological polar surface area (TPSA) is 212 Å². The van der Waals surface area contributed by atoms with Crippen LogP contribution in [0, 0.1) is 0 Å². The number of hydrogen-bond acceptors (Lipinski definition) is 10. The second-order valence-corrected chi connectivity index (χ2v) is 6.43. The molecule has 0 bridgehead atoms. The predicted molar refractivity (Wildman–Crippen MR) is 93.6 cm³/mol. The van der Waals surface area contributed by atoms with Crippen molar-refractivity contribution in [3.63, 3.8) is 0 Å². The highest BCUT2D eigenvalue weighted by atomic mass is 16.6. The number of aliphatic carboxylic acids is 1. The van der Waals surface area contributed by atoms with E-state index in [1.54, 1.807) is 0 Å². The summed E-state index contributed by atoms with van der Waals surface area (Å²) in [6.45, 7) is 0.710. The molecular formula is C15H20N6O8. The molecule has 3 rings (SSSR count). The van der Waals surface area contributed by atoms with Crippen molar-refractivity contribution in [3.05, 3.63) is 12.7 Å². The number of anilines is 1. The van der Waals surface area contributed by atoms with Crippen molar-refractivity contribution >= 4 is 29.0 Å². The third kappa shape index (κ3) is 3.96. The van der Waals surface area contributed by atoms with Gasteiger partial charge in [0.15, 0.2) is 29.3 Å². The Morgan fingerprint density at radius 3 is 2.59 bits per heavy atom. The number of carboxylic acids is 1. The SMILES string of the molecule is [13CH3][13C@@H](O)[13C@H]([15NH]C(=O)Nc1ncnc2c1ncn2[C@@H]1O[C@H](CO)[C@H](O)[C@@H]1O)[13C](=O)O. The highest BCUT2D eigenvalue weighted by Crippen LogP contribution is 2.32. The summed E-state index contributed by atoms with van der Waals surface area (Å²) < 4.78 is 6.74. The number of rotatable bonds is 6. The molecule has 0 spiro atoms. The van der Waals surface area contributed by atoms with E-state index in [9.17, 15) is 30.0 Å². The molecule has 14 nitrogen and oxygen atoms in total. The highest BCUT2D eigenvalue weighted by molar-refractivity contribution is 5.97. The molecule has 2 aromatic heterocycles. The van der Waals surface area contributed by atoms with Crippen molar-refractivity contribution in [2.75, 3.05) is 11.9 Å². The van der Waals surface area contributed by atoms with Gasteiger partial charge >= 0.3 is 12.0 Å². The van der Waals surface area contributed by atoms with Crippen molar-refractivity contribution in [1.82, 2.24) is 24.8 Å². The van der Waals surface area contributed by atoms with Crippen LogP contribution in [0.2, 0.25) is 0 Å². The molecule has 0 radical (unpaired) electrons. The van der Waals surface area contributed by atoms with Crippen LogP contribution in [0.3, 0.4) is 0 Å². The maximum Gasteiger partial charge on any atom is 0.328 e. The van der Waals surface area contributed by atoms with Gasteiger partial charge in [-0.05, 0) is 6.92 Å². The first-order valence-electron chi connectivity index (χ1n) is 8.53. The molecule has 7 N–H and O–H groups in total. The van der Waals surface area contributed by atoms with Crippen molar-refractivity contribution in [2.24, 2.45) is 0 Å². The van der Waals surface area contributed by atoms with E-state index in [1.807, 2.05) is 0 Å². The third-order valence-corrected chi connectivity index (χ3v) is 4.42. The number of imidazole rings is 1. The number of hydrogen-bond donors (Lipinski definition) is 7. The Labute approximate surface area is 162 Å². The molecular weight excluding hydrogens is 397 g/mol. The first-order chi connectivity index (χ1) is 13.7. The summed E-state index contributed by atoms with van der Waals surface area (Å²) in [7, 11) is 0. The first-order valence-corrected chi connectivity index (χ1v) is 8.53. The third-order valence-electron chi connectivity index (χ3n) is 4.42. The summed E-state index contributed by atoms with van der Waals surface area (Å²) >= 11 is 0. The van der Waals surface area contributed by atoms with Gasteiger partial charge < -0.3 is 35.6 Å². The monoisotopic (exact) mass is 417 g/mol. The van der Waals surface area contributed by atoms with Gasteiger partial charge in [0, 0.05) is 0 Å². The molecule has 1 saturated heterocycles. The zero-order valence-corrected chi connectivity index (χ0v) is 15.1. The zero-order chi connectivity index (χ0) is 21.3. The fourth-order valence-electron chi connectivity index (χ4n) is 2.91. The minimum Gasteiger partial charge on any atom is -0.480 e. The van der Waals surface area contributed by atoms with Crippen LogP contribution in [0.15, 0.2) is 12.7 Å². The summed E-state index contributed by atoms with van der Waals surface area (Å²) in [5.74, 6) is -1.48. The van der Waals surface area contributed by atoms with Gasteiger partial charge in [-0.3, -0.25) is 9.88 Å². The number of aliphatic hydroxyl groups is 4. The normalized spacial score (nSPS) is 26.2. The van der Waals surface area contributed by atoms with Crippen LogP contribution >= 0.6 is 0 Å². The largest absolute Gasteiger partial charge is 0.480 e. The minimum atomic E-state index is -1.54. The van der Waals surface area contributed by atoms with E-state index in [2.05, 4.69) is 25.6 Å². The Hall–Kier alpha value is -2.91. The number of nitrogens with zero attached hydrogens (tertiary/aromatic N) is 4. The van der Waals surface area contributed by atoms with Crippen LogP contribution in [0.4, 0.5) is 10.6 Å². The summed E-state index contributed by atoms with van der Waals surface area (Å²) in [5, 5.41) is 52.2. The molecule has 6 atom stereocenters. The lowest BCUT2D eigenvalue weighted by Gasteiger charge is -2.17. The van der Waals surface area contributed by atoms with Gasteiger partial charge in [0.05, 0.1) is 19.0 Å². The van der Waals surface area contributed by atoms with Crippen molar-refractivity contribution < 1.29 is 39.9 Å². The molecule has 0 aliphatic carbocycles. The van der Waals surface area contributed by atoms with Crippen LogP contribution < -0.4 is 10.6 Å². The molecule has 158 valence electrons. The highest BCUT2D eigenvalue weighted by Gasteiger charge is 2.44. The Kier molecular flexibility index (Phi) is 5.90. The van der Waals surface area contributed by atoms with E-state index >= 15 is 0 Å². The van der Waals surface area contributed by atoms with Crippen molar-refractivity contribution in [3.8, 4) is 0 Å². The van der Waals surface area contributed by atoms with E-state index < -0.39 is 55.3 Å². The fourth-order valence-corrected chi connectivity index (χ4v) is 2.91. The Morgan fingerprint density at radius 1 is 1.28 bits per heavy atom. The molecule has 1 fully saturated rings. The van der Waals surface area contributed by atoms with Crippen LogP contribution in [0.25, 0.3) is 11.2 Å². The Morgan fingerprint density at radius 2 is 2.00 bits per heavy atom. The average Bonchev–Trinajstić information content (AvgIpc) is 3.21. The number of carboxylic acid groups (broad SMARTS) is 1. The van der Waals surface area contributed by atoms with Gasteiger partial charge in [0.25, 0.3) is 0 Å². The standard InChI is InChI=1S/C15H20N6O8/c1-5(23)7(14(26)27)19-15(28)20-11-8-12(17-3-16-11)21(4-18-8)13-10(25)9(24)6(2-22)29-13/h3-7,9-10,13,22-25H,2H2,1H3,(H,26,27)(H2,16,17,19,20,28)/t5-,6-,7+,9+,10+,13-/m1/s1/i1+1,5+1,7+1,14+1,19+1. The molecule has 0 saturated carbocycles. The summed E-state index contributed by atoms with van der Waals surface area (Å²) in [5.41, 5.74) is 0.250. The molecule has 1 aliphatic heterocycles. The lowest BCUT2D eigenvalue weighted by atomic mass is 10.1. The maximum atomic E-state index is 12.1. The van der Waals surface area contributed by atoms with Crippen LogP contribution in [-0.4, -0.2) is 94.1 Å². The molecule has 29 heavy (non-hydrogen) atoms. The number of ether oxygens (including phenoxy) is 1. The molecule has 2 amide bonds. The number of fused-ring (bicyclic) bond motifs is 1. The lowest BCUT2D eigenvalue weighted by Crippen LogP contribution is -2.49. The molecule has 0 unspecified atom stereocenters. The number of carbonyl (C=O) groups is 2. The van der Waals surface area contributed by atoms with Crippen LogP contribution in [-0.2, 0) is 9.53 Å². The van der Waals surface area contributed by atoms with Gasteiger partial charge in [0.1, 0.15) is 24.6 Å². The van der Waals surface area contributed by atoms with Gasteiger partial charge in [-0.25, -0.2) is 24.5 Å². The Balaban J connectivity index is 1.83. The van der Waals surface area contributed by atoms with Gasteiger partial charge in [-0.1, -0.05) is 0 Å². The smallest absolute Gasteiger partial charge is 0.328 e. The molecule has 2 aromatic rings. The van der Waals surface area contributed by atoms with Gasteiger partial charge in [0.2, 0.25) is 0 Å². The second kappa shape index (κ2) is 8.22. The fraction of sp³-hybridized carbons (Fsp3) is 0.533. The predicted octanol–water partition coefficient (Wildman–Crippen LogP) is -2.61. The van der Waals surface area contributed by atoms with Gasteiger partial charge in [-0.15, -0.1) is 0 Å². The van der Waals surface area contributed by atoms with E-state index in [0.29, 0.717) is 0 Å². The van der Waals surface area contributed by atoms with Gasteiger partial charge in [-0.2, -0.15) is 0 Å². The molecule has 14 heteroatoms. The quantitative estimate of drug-likeness (QED) is 0.191. The number of amides is 2. The number of urea groups is 1. The minimum absolute atomic E-state index is 0.0623. The van der Waals surface area contributed by atoms with Crippen molar-refractivity contribution in [1.29, 1.82) is 0 Å².